The molecule has 0 aliphatic rings. The van der Waals surface area contributed by atoms with Crippen LogP contribution < -0.4 is 24.3 Å². The number of ether oxygens (including phenoxy) is 5. The average molecular weight is 403 g/mol. The zero-order chi connectivity index (χ0) is 21.2. The highest BCUT2D eigenvalue weighted by Gasteiger charge is 2.19. The number of hydrogen-bond donors (Lipinski definition) is 1. The quantitative estimate of drug-likeness (QED) is 0.610. The summed E-state index contributed by atoms with van der Waals surface area (Å²) in [6.07, 6.45) is -1.01. The Bertz CT molecular complexity index is 838. The van der Waals surface area contributed by atoms with Crippen LogP contribution >= 0.6 is 0 Å². The van der Waals surface area contributed by atoms with Crippen molar-refractivity contribution < 1.29 is 33.3 Å². The van der Waals surface area contributed by atoms with Gasteiger partial charge in [-0.1, -0.05) is 12.1 Å². The minimum absolute atomic E-state index is 0.349. The van der Waals surface area contributed by atoms with E-state index in [1.54, 1.807) is 42.5 Å². The SMILES string of the molecule is CCOc1ccccc1OCC(=O)OC(C)C(=O)Nc1ccc(OC)c(OC)c1. The summed E-state index contributed by atoms with van der Waals surface area (Å²) in [7, 11) is 3.02. The lowest BCUT2D eigenvalue weighted by atomic mass is 10.2. The third-order valence-electron chi connectivity index (χ3n) is 3.82. The Kier molecular flexibility index (Phi) is 8.14. The van der Waals surface area contributed by atoms with Gasteiger partial charge in [0.25, 0.3) is 5.91 Å². The first-order chi connectivity index (χ1) is 14.0. The van der Waals surface area contributed by atoms with Crippen molar-refractivity contribution in [3.63, 3.8) is 0 Å². The van der Waals surface area contributed by atoms with Crippen LogP contribution in [-0.4, -0.2) is 45.4 Å². The molecule has 0 radical (unpaired) electrons. The van der Waals surface area contributed by atoms with Gasteiger partial charge in [0, 0.05) is 11.8 Å². The van der Waals surface area contributed by atoms with E-state index in [1.807, 2.05) is 6.92 Å². The fourth-order valence-electron chi connectivity index (χ4n) is 2.42. The van der Waals surface area contributed by atoms with Crippen LogP contribution in [0.4, 0.5) is 5.69 Å². The van der Waals surface area contributed by atoms with E-state index in [-0.39, 0.29) is 6.61 Å². The van der Waals surface area contributed by atoms with Crippen LogP contribution in [0.3, 0.4) is 0 Å². The van der Waals surface area contributed by atoms with Crippen molar-refractivity contribution in [2.24, 2.45) is 0 Å². The van der Waals surface area contributed by atoms with Gasteiger partial charge in [-0.2, -0.15) is 0 Å². The predicted octanol–water partition coefficient (Wildman–Crippen LogP) is 3.05. The number of carbonyl (C=O) groups excluding carboxylic acids is 2. The van der Waals surface area contributed by atoms with E-state index in [0.29, 0.717) is 35.3 Å². The van der Waals surface area contributed by atoms with Gasteiger partial charge in [-0.15, -0.1) is 0 Å². The fourth-order valence-corrected chi connectivity index (χ4v) is 2.42. The van der Waals surface area contributed by atoms with Crippen molar-refractivity contribution >= 4 is 17.6 Å². The Balaban J connectivity index is 1.88. The summed E-state index contributed by atoms with van der Waals surface area (Å²) in [5, 5.41) is 2.66. The van der Waals surface area contributed by atoms with Crippen LogP contribution in [0.2, 0.25) is 0 Å². The molecule has 156 valence electrons. The van der Waals surface area contributed by atoms with Crippen molar-refractivity contribution in [3.8, 4) is 23.0 Å². The first kappa shape index (κ1) is 21.9. The smallest absolute Gasteiger partial charge is 0.344 e. The van der Waals surface area contributed by atoms with E-state index in [1.165, 1.54) is 21.1 Å². The van der Waals surface area contributed by atoms with Gasteiger partial charge in [0.15, 0.2) is 35.7 Å². The van der Waals surface area contributed by atoms with Gasteiger partial charge in [-0.05, 0) is 38.1 Å². The molecule has 0 fully saturated rings. The molecule has 1 unspecified atom stereocenters. The topological polar surface area (TPSA) is 92.3 Å². The van der Waals surface area contributed by atoms with Gasteiger partial charge in [-0.25, -0.2) is 4.79 Å². The van der Waals surface area contributed by atoms with Gasteiger partial charge in [0.05, 0.1) is 20.8 Å². The Labute approximate surface area is 169 Å². The molecule has 8 heteroatoms. The summed E-state index contributed by atoms with van der Waals surface area (Å²) < 4.78 is 26.4. The minimum Gasteiger partial charge on any atom is -0.493 e. The lowest BCUT2D eigenvalue weighted by molar-refractivity contribution is -0.155. The number of anilines is 1. The Morgan fingerprint density at radius 3 is 2.21 bits per heavy atom. The maximum atomic E-state index is 12.3. The van der Waals surface area contributed by atoms with Gasteiger partial charge in [-0.3, -0.25) is 4.79 Å². The summed E-state index contributed by atoms with van der Waals surface area (Å²) in [5.41, 5.74) is 0.484. The molecule has 0 saturated heterocycles. The summed E-state index contributed by atoms with van der Waals surface area (Å²) in [6.45, 7) is 3.45. The van der Waals surface area contributed by atoms with Crippen molar-refractivity contribution in [2.75, 3.05) is 32.8 Å². The van der Waals surface area contributed by atoms with Crippen LogP contribution in [0.15, 0.2) is 42.5 Å². The third kappa shape index (κ3) is 6.31. The summed E-state index contributed by atoms with van der Waals surface area (Å²) in [4.78, 5) is 24.3. The molecule has 0 aliphatic heterocycles. The number of benzene rings is 2. The standard InChI is InChI=1S/C21H25NO7/c1-5-27-17-8-6-7-9-18(17)28-13-20(23)29-14(2)21(24)22-15-10-11-16(25-3)19(12-15)26-4/h6-12,14H,5,13H2,1-4H3,(H,22,24). The number of hydrogen-bond acceptors (Lipinski definition) is 7. The number of para-hydroxylation sites is 2. The normalized spacial score (nSPS) is 11.2. The van der Waals surface area contributed by atoms with Gasteiger partial charge < -0.3 is 29.0 Å². The number of nitrogens with one attached hydrogen (secondary N) is 1. The largest absolute Gasteiger partial charge is 0.493 e. The van der Waals surface area contributed by atoms with E-state index in [2.05, 4.69) is 5.32 Å². The monoisotopic (exact) mass is 403 g/mol. The molecule has 1 amide bonds. The predicted molar refractivity (Wildman–Crippen MR) is 107 cm³/mol. The summed E-state index contributed by atoms with van der Waals surface area (Å²) in [5.74, 6) is 0.799. The molecular formula is C21H25NO7. The molecule has 0 bridgehead atoms. The number of methoxy groups -OCH3 is 2. The molecule has 0 spiro atoms. The maximum absolute atomic E-state index is 12.3. The van der Waals surface area contributed by atoms with Crippen LogP contribution in [0.5, 0.6) is 23.0 Å². The second-order valence-corrected chi connectivity index (χ2v) is 5.86. The van der Waals surface area contributed by atoms with E-state index < -0.39 is 18.0 Å². The Hall–Kier alpha value is -3.42. The van der Waals surface area contributed by atoms with E-state index in [4.69, 9.17) is 23.7 Å². The minimum atomic E-state index is -1.01. The molecule has 8 nitrogen and oxygen atoms in total. The molecule has 2 aromatic rings. The van der Waals surface area contributed by atoms with Gasteiger partial charge >= 0.3 is 5.97 Å². The van der Waals surface area contributed by atoms with Gasteiger partial charge in [0.1, 0.15) is 0 Å². The molecule has 1 N–H and O–H groups in total. The zero-order valence-corrected chi connectivity index (χ0v) is 16.9. The van der Waals surface area contributed by atoms with E-state index in [0.717, 1.165) is 0 Å². The molecule has 29 heavy (non-hydrogen) atoms. The number of rotatable bonds is 10. The molecule has 0 aromatic heterocycles. The zero-order valence-electron chi connectivity index (χ0n) is 16.9. The van der Waals surface area contributed by atoms with Crippen molar-refractivity contribution in [3.05, 3.63) is 42.5 Å². The summed E-state index contributed by atoms with van der Waals surface area (Å²) in [6, 6.07) is 11.9. The second-order valence-electron chi connectivity index (χ2n) is 5.86. The molecule has 0 aliphatic carbocycles. The highest BCUT2D eigenvalue weighted by Crippen LogP contribution is 2.30. The lowest BCUT2D eigenvalue weighted by Gasteiger charge is -2.15. The highest BCUT2D eigenvalue weighted by molar-refractivity contribution is 5.95. The molecular weight excluding hydrogens is 378 g/mol. The highest BCUT2D eigenvalue weighted by atomic mass is 16.6. The van der Waals surface area contributed by atoms with Crippen molar-refractivity contribution in [2.45, 2.75) is 20.0 Å². The van der Waals surface area contributed by atoms with Crippen LogP contribution in [-0.2, 0) is 14.3 Å². The second kappa shape index (κ2) is 10.8. The summed E-state index contributed by atoms with van der Waals surface area (Å²) >= 11 is 0. The molecule has 2 aromatic carbocycles. The van der Waals surface area contributed by atoms with Crippen LogP contribution in [0.1, 0.15) is 13.8 Å². The maximum Gasteiger partial charge on any atom is 0.344 e. The van der Waals surface area contributed by atoms with Crippen LogP contribution in [0, 0.1) is 0 Å². The lowest BCUT2D eigenvalue weighted by Crippen LogP contribution is -2.31. The Morgan fingerprint density at radius 2 is 1.59 bits per heavy atom. The fraction of sp³-hybridized carbons (Fsp3) is 0.333. The number of esters is 1. The van der Waals surface area contributed by atoms with E-state index >= 15 is 0 Å². The first-order valence-electron chi connectivity index (χ1n) is 9.05. The average Bonchev–Trinajstić information content (AvgIpc) is 2.73. The third-order valence-corrected chi connectivity index (χ3v) is 3.82. The first-order valence-corrected chi connectivity index (χ1v) is 9.05. The molecule has 0 heterocycles. The van der Waals surface area contributed by atoms with Gasteiger partial charge in [0.2, 0.25) is 0 Å². The van der Waals surface area contributed by atoms with Crippen LogP contribution in [0.25, 0.3) is 0 Å². The van der Waals surface area contributed by atoms with Crippen molar-refractivity contribution in [1.29, 1.82) is 0 Å². The molecule has 2 rings (SSSR count). The molecule has 1 atom stereocenters. The number of carbonyl (C=O) groups is 2. The Morgan fingerprint density at radius 1 is 0.931 bits per heavy atom. The van der Waals surface area contributed by atoms with E-state index in [9.17, 15) is 9.59 Å². The van der Waals surface area contributed by atoms with Crippen molar-refractivity contribution in [1.82, 2.24) is 0 Å². The molecule has 0 saturated carbocycles. The number of amides is 1.